The van der Waals surface area contributed by atoms with Crippen LogP contribution in [-0.2, 0) is 9.47 Å². The van der Waals surface area contributed by atoms with Crippen LogP contribution in [0.15, 0.2) is 0 Å². The summed E-state index contributed by atoms with van der Waals surface area (Å²) < 4.78 is 10.3. The minimum Gasteiger partial charge on any atom is -0.388 e. The Morgan fingerprint density at radius 2 is 2.09 bits per heavy atom. The smallest absolute Gasteiger partial charge is 0.183 e. The first-order valence-corrected chi connectivity index (χ1v) is 4.01. The zero-order valence-electron chi connectivity index (χ0n) is 7.28. The van der Waals surface area contributed by atoms with Crippen LogP contribution < -0.4 is 0 Å². The highest BCUT2D eigenvalue weighted by atomic mass is 16.7. The van der Waals surface area contributed by atoms with E-state index in [0.29, 0.717) is 5.92 Å². The van der Waals surface area contributed by atoms with Gasteiger partial charge in [0.15, 0.2) is 6.29 Å². The molecule has 3 nitrogen and oxygen atoms in total. The minimum atomic E-state index is -0.466. The molecule has 0 aromatic carbocycles. The molecule has 2 unspecified atom stereocenters. The summed E-state index contributed by atoms with van der Waals surface area (Å²) in [5.41, 5.74) is 0. The molecular weight excluding hydrogens is 144 g/mol. The average Bonchev–Trinajstić information content (AvgIpc) is 1.97. The largest absolute Gasteiger partial charge is 0.388 e. The predicted octanol–water partition coefficient (Wildman–Crippen LogP) is 0.765. The van der Waals surface area contributed by atoms with E-state index in [1.165, 1.54) is 0 Å². The van der Waals surface area contributed by atoms with E-state index in [-0.39, 0.29) is 6.10 Å². The molecule has 0 saturated carbocycles. The molecule has 0 aromatic heterocycles. The van der Waals surface area contributed by atoms with E-state index in [4.69, 9.17) is 9.47 Å². The van der Waals surface area contributed by atoms with E-state index in [2.05, 4.69) is 6.92 Å². The van der Waals surface area contributed by atoms with Gasteiger partial charge in [-0.25, -0.2) is 0 Å². The summed E-state index contributed by atoms with van der Waals surface area (Å²) >= 11 is 0. The molecule has 1 aliphatic heterocycles. The Morgan fingerprint density at radius 1 is 1.45 bits per heavy atom. The molecule has 0 amide bonds. The SMILES string of the molecule is COC1O[C@@H](C)C(C)C[C@H]1O. The molecule has 1 saturated heterocycles. The van der Waals surface area contributed by atoms with Gasteiger partial charge in [-0.2, -0.15) is 0 Å². The van der Waals surface area contributed by atoms with Gasteiger partial charge in [0.25, 0.3) is 0 Å². The van der Waals surface area contributed by atoms with Crippen molar-refractivity contribution in [2.45, 2.75) is 38.8 Å². The van der Waals surface area contributed by atoms with Crippen LogP contribution >= 0.6 is 0 Å². The van der Waals surface area contributed by atoms with Gasteiger partial charge < -0.3 is 14.6 Å². The van der Waals surface area contributed by atoms with Gasteiger partial charge in [0.2, 0.25) is 0 Å². The van der Waals surface area contributed by atoms with E-state index < -0.39 is 12.4 Å². The number of aliphatic hydroxyl groups is 1. The van der Waals surface area contributed by atoms with Gasteiger partial charge in [0, 0.05) is 7.11 Å². The number of ether oxygens (including phenoxy) is 2. The summed E-state index contributed by atoms with van der Waals surface area (Å²) in [7, 11) is 1.55. The Balaban J connectivity index is 2.48. The maximum absolute atomic E-state index is 9.41. The lowest BCUT2D eigenvalue weighted by Gasteiger charge is -2.35. The van der Waals surface area contributed by atoms with E-state index in [0.717, 1.165) is 6.42 Å². The number of rotatable bonds is 1. The monoisotopic (exact) mass is 160 g/mol. The quantitative estimate of drug-likeness (QED) is 0.615. The van der Waals surface area contributed by atoms with Crippen LogP contribution in [0.2, 0.25) is 0 Å². The van der Waals surface area contributed by atoms with Crippen molar-refractivity contribution in [1.82, 2.24) is 0 Å². The summed E-state index contributed by atoms with van der Waals surface area (Å²) in [5.74, 6) is 0.413. The molecule has 1 rings (SSSR count). The van der Waals surface area contributed by atoms with E-state index in [1.54, 1.807) is 7.11 Å². The van der Waals surface area contributed by atoms with Gasteiger partial charge in [-0.1, -0.05) is 6.92 Å². The molecule has 11 heavy (non-hydrogen) atoms. The summed E-state index contributed by atoms with van der Waals surface area (Å²) in [6, 6.07) is 0. The Bertz CT molecular complexity index is 127. The highest BCUT2D eigenvalue weighted by Crippen LogP contribution is 2.24. The molecule has 0 bridgehead atoms. The molecule has 0 radical (unpaired) electrons. The molecule has 1 aliphatic rings. The van der Waals surface area contributed by atoms with Gasteiger partial charge >= 0.3 is 0 Å². The second-order valence-electron chi connectivity index (χ2n) is 3.23. The zero-order chi connectivity index (χ0) is 8.43. The molecular formula is C8H16O3. The van der Waals surface area contributed by atoms with Crippen molar-refractivity contribution in [2.24, 2.45) is 5.92 Å². The first-order valence-electron chi connectivity index (χ1n) is 4.01. The second kappa shape index (κ2) is 3.52. The van der Waals surface area contributed by atoms with Crippen molar-refractivity contribution in [3.05, 3.63) is 0 Å². The first kappa shape index (κ1) is 8.97. The van der Waals surface area contributed by atoms with Gasteiger partial charge in [0.05, 0.1) is 6.10 Å². The van der Waals surface area contributed by atoms with Crippen molar-refractivity contribution < 1.29 is 14.6 Å². The number of aliphatic hydroxyl groups excluding tert-OH is 1. The standard InChI is InChI=1S/C8H16O3/c1-5-4-7(9)8(10-3)11-6(5)2/h5-9H,4H2,1-3H3/t5?,6-,7+,8?/m0/s1. The number of hydrogen-bond acceptors (Lipinski definition) is 3. The van der Waals surface area contributed by atoms with Crippen LogP contribution in [0, 0.1) is 5.92 Å². The zero-order valence-corrected chi connectivity index (χ0v) is 7.28. The van der Waals surface area contributed by atoms with Crippen molar-refractivity contribution in [3.8, 4) is 0 Å². The fraction of sp³-hybridized carbons (Fsp3) is 1.00. The first-order chi connectivity index (χ1) is 5.15. The molecule has 66 valence electrons. The summed E-state index contributed by atoms with van der Waals surface area (Å²) in [6.45, 7) is 4.07. The van der Waals surface area contributed by atoms with Crippen molar-refractivity contribution in [2.75, 3.05) is 7.11 Å². The Hall–Kier alpha value is -0.120. The van der Waals surface area contributed by atoms with Crippen molar-refractivity contribution in [3.63, 3.8) is 0 Å². The number of hydrogen-bond donors (Lipinski definition) is 1. The van der Waals surface area contributed by atoms with Crippen LogP contribution in [0.25, 0.3) is 0 Å². The van der Waals surface area contributed by atoms with E-state index in [9.17, 15) is 5.11 Å². The van der Waals surface area contributed by atoms with Crippen LogP contribution in [0.1, 0.15) is 20.3 Å². The molecule has 1 N–H and O–H groups in total. The molecule has 3 heteroatoms. The molecule has 1 fully saturated rings. The highest BCUT2D eigenvalue weighted by Gasteiger charge is 2.32. The topological polar surface area (TPSA) is 38.7 Å². The molecule has 0 aromatic rings. The number of methoxy groups -OCH3 is 1. The third-order valence-corrected chi connectivity index (χ3v) is 2.31. The second-order valence-corrected chi connectivity index (χ2v) is 3.23. The van der Waals surface area contributed by atoms with Crippen LogP contribution in [0.5, 0.6) is 0 Å². The highest BCUT2D eigenvalue weighted by molar-refractivity contribution is 4.75. The lowest BCUT2D eigenvalue weighted by atomic mass is 9.95. The van der Waals surface area contributed by atoms with Gasteiger partial charge in [0.1, 0.15) is 6.10 Å². The molecule has 0 aliphatic carbocycles. The Kier molecular flexibility index (Phi) is 2.87. The van der Waals surface area contributed by atoms with Crippen molar-refractivity contribution in [1.29, 1.82) is 0 Å². The summed E-state index contributed by atoms with van der Waals surface area (Å²) in [6.07, 6.45) is 0.0513. The van der Waals surface area contributed by atoms with Crippen LogP contribution in [-0.4, -0.2) is 30.7 Å². The van der Waals surface area contributed by atoms with Crippen molar-refractivity contribution >= 4 is 0 Å². The minimum absolute atomic E-state index is 0.184. The van der Waals surface area contributed by atoms with Gasteiger partial charge in [-0.3, -0.25) is 0 Å². The average molecular weight is 160 g/mol. The maximum atomic E-state index is 9.41. The fourth-order valence-corrected chi connectivity index (χ4v) is 1.33. The molecule has 4 atom stereocenters. The molecule has 1 heterocycles. The van der Waals surface area contributed by atoms with Gasteiger partial charge in [-0.05, 0) is 19.3 Å². The Morgan fingerprint density at radius 3 is 2.64 bits per heavy atom. The lowest BCUT2D eigenvalue weighted by molar-refractivity contribution is -0.238. The van der Waals surface area contributed by atoms with Crippen LogP contribution in [0.4, 0.5) is 0 Å². The van der Waals surface area contributed by atoms with E-state index >= 15 is 0 Å². The third kappa shape index (κ3) is 1.92. The Labute approximate surface area is 67.3 Å². The van der Waals surface area contributed by atoms with Crippen LogP contribution in [0.3, 0.4) is 0 Å². The summed E-state index contributed by atoms with van der Waals surface area (Å²) in [5, 5.41) is 9.41. The fourth-order valence-electron chi connectivity index (χ4n) is 1.33. The summed E-state index contributed by atoms with van der Waals surface area (Å²) in [4.78, 5) is 0. The lowest BCUT2D eigenvalue weighted by Crippen LogP contribution is -2.43. The molecule has 0 spiro atoms. The van der Waals surface area contributed by atoms with Gasteiger partial charge in [-0.15, -0.1) is 0 Å². The van der Waals surface area contributed by atoms with E-state index in [1.807, 2.05) is 6.92 Å². The third-order valence-electron chi connectivity index (χ3n) is 2.31. The predicted molar refractivity (Wildman–Crippen MR) is 41.1 cm³/mol. The normalized spacial score (nSPS) is 45.8. The maximum Gasteiger partial charge on any atom is 0.183 e.